The van der Waals surface area contributed by atoms with Crippen molar-refractivity contribution in [2.75, 3.05) is 20.2 Å². The molecule has 0 amide bonds. The van der Waals surface area contributed by atoms with E-state index < -0.39 is 5.72 Å². The van der Waals surface area contributed by atoms with E-state index in [1.54, 1.807) is 13.4 Å². The van der Waals surface area contributed by atoms with Gasteiger partial charge in [-0.2, -0.15) is 5.10 Å². The second-order valence-electron chi connectivity index (χ2n) is 8.92. The number of hydrazone groups is 1. The Bertz CT molecular complexity index is 1170. The standard InChI is InChI=1S/C26H26BrN3O3/c1-31-24-15-19(27)14-20-22-16-21(23-8-5-13-32-23)28-30(22)26(33-25(20)24)9-11-29(12-10-26)17-18-6-3-2-4-7-18/h2-8,13-15,22H,9-12,16-17H2,1H3. The number of nitrogens with zero attached hydrogens (tertiary/aromatic N) is 3. The van der Waals surface area contributed by atoms with Gasteiger partial charge in [0.1, 0.15) is 11.5 Å². The number of hydrogen-bond acceptors (Lipinski definition) is 6. The Morgan fingerprint density at radius 3 is 2.67 bits per heavy atom. The fourth-order valence-corrected chi connectivity index (χ4v) is 5.74. The van der Waals surface area contributed by atoms with Crippen LogP contribution in [0.3, 0.4) is 0 Å². The van der Waals surface area contributed by atoms with E-state index >= 15 is 0 Å². The fourth-order valence-electron chi connectivity index (χ4n) is 5.29. The number of methoxy groups -OCH3 is 1. The summed E-state index contributed by atoms with van der Waals surface area (Å²) in [6.45, 7) is 2.84. The molecule has 1 unspecified atom stereocenters. The van der Waals surface area contributed by atoms with Crippen LogP contribution >= 0.6 is 15.9 Å². The second-order valence-corrected chi connectivity index (χ2v) is 9.84. The van der Waals surface area contributed by atoms with Gasteiger partial charge in [-0.1, -0.05) is 46.3 Å². The molecule has 33 heavy (non-hydrogen) atoms. The molecular weight excluding hydrogens is 482 g/mol. The molecule has 0 radical (unpaired) electrons. The highest BCUT2D eigenvalue weighted by Crippen LogP contribution is 2.53. The summed E-state index contributed by atoms with van der Waals surface area (Å²) >= 11 is 3.64. The molecule has 1 atom stereocenters. The molecule has 3 aliphatic rings. The first-order valence-corrected chi connectivity index (χ1v) is 12.2. The minimum Gasteiger partial charge on any atom is -0.493 e. The van der Waals surface area contributed by atoms with Crippen LogP contribution in [0, 0.1) is 0 Å². The predicted molar refractivity (Wildman–Crippen MR) is 129 cm³/mol. The SMILES string of the molecule is COc1cc(Br)cc2c1OC1(CCN(Cc3ccccc3)CC1)N1N=C(c3ccco3)CC21. The van der Waals surface area contributed by atoms with E-state index in [9.17, 15) is 0 Å². The predicted octanol–water partition coefficient (Wildman–Crippen LogP) is 5.59. The number of piperidine rings is 1. The lowest BCUT2D eigenvalue weighted by Crippen LogP contribution is -2.59. The zero-order valence-electron chi connectivity index (χ0n) is 18.5. The zero-order valence-corrected chi connectivity index (χ0v) is 20.1. The molecule has 3 aliphatic heterocycles. The van der Waals surface area contributed by atoms with Gasteiger partial charge in [0.2, 0.25) is 5.72 Å². The second kappa shape index (κ2) is 8.22. The van der Waals surface area contributed by atoms with Crippen LogP contribution in [0.25, 0.3) is 0 Å². The molecule has 0 aliphatic carbocycles. The van der Waals surface area contributed by atoms with Crippen LogP contribution in [0.2, 0.25) is 0 Å². The average Bonchev–Trinajstić information content (AvgIpc) is 3.52. The molecule has 4 heterocycles. The summed E-state index contributed by atoms with van der Waals surface area (Å²) in [5.41, 5.74) is 2.91. The van der Waals surface area contributed by atoms with Gasteiger partial charge in [0, 0.05) is 48.9 Å². The summed E-state index contributed by atoms with van der Waals surface area (Å²) in [6.07, 6.45) is 4.21. The summed E-state index contributed by atoms with van der Waals surface area (Å²) in [4.78, 5) is 2.50. The number of benzene rings is 2. The van der Waals surface area contributed by atoms with Crippen LogP contribution < -0.4 is 9.47 Å². The molecule has 1 fully saturated rings. The van der Waals surface area contributed by atoms with Crippen LogP contribution in [-0.4, -0.2) is 41.5 Å². The van der Waals surface area contributed by atoms with Crippen molar-refractivity contribution in [3.8, 4) is 11.5 Å². The topological polar surface area (TPSA) is 50.4 Å². The largest absolute Gasteiger partial charge is 0.493 e. The Hall–Kier alpha value is -2.77. The first-order valence-electron chi connectivity index (χ1n) is 11.4. The molecule has 6 nitrogen and oxygen atoms in total. The maximum atomic E-state index is 6.83. The van der Waals surface area contributed by atoms with E-state index in [1.165, 1.54) is 5.56 Å². The normalized spacial score (nSPS) is 21.3. The Morgan fingerprint density at radius 1 is 1.12 bits per heavy atom. The molecular formula is C26H26BrN3O3. The molecule has 7 heteroatoms. The highest BCUT2D eigenvalue weighted by atomic mass is 79.9. The van der Waals surface area contributed by atoms with Gasteiger partial charge in [-0.25, -0.2) is 5.01 Å². The van der Waals surface area contributed by atoms with Crippen LogP contribution in [0.5, 0.6) is 11.5 Å². The quantitative estimate of drug-likeness (QED) is 0.460. The van der Waals surface area contributed by atoms with Crippen LogP contribution in [0.15, 0.2) is 74.9 Å². The number of furan rings is 1. The molecule has 1 saturated heterocycles. The van der Waals surface area contributed by atoms with Gasteiger partial charge >= 0.3 is 0 Å². The maximum absolute atomic E-state index is 6.83. The van der Waals surface area contributed by atoms with Gasteiger partial charge in [-0.3, -0.25) is 4.90 Å². The summed E-state index contributed by atoms with van der Waals surface area (Å²) in [5.74, 6) is 2.43. The molecule has 1 aromatic heterocycles. The molecule has 0 N–H and O–H groups in total. The van der Waals surface area contributed by atoms with E-state index in [4.69, 9.17) is 19.0 Å². The third-order valence-electron chi connectivity index (χ3n) is 6.94. The summed E-state index contributed by atoms with van der Waals surface area (Å²) < 4.78 is 19.2. The summed E-state index contributed by atoms with van der Waals surface area (Å²) in [6, 6.07) is 18.7. The lowest BCUT2D eigenvalue weighted by molar-refractivity contribution is -0.151. The van der Waals surface area contributed by atoms with Crippen molar-refractivity contribution in [2.24, 2.45) is 5.10 Å². The van der Waals surface area contributed by atoms with Gasteiger partial charge in [0.25, 0.3) is 0 Å². The Morgan fingerprint density at radius 2 is 1.94 bits per heavy atom. The average molecular weight is 508 g/mol. The van der Waals surface area contributed by atoms with E-state index in [0.29, 0.717) is 0 Å². The van der Waals surface area contributed by atoms with E-state index in [0.717, 1.165) is 71.9 Å². The molecule has 0 bridgehead atoms. The number of likely N-dealkylation sites (tertiary alicyclic amines) is 1. The van der Waals surface area contributed by atoms with Crippen LogP contribution in [-0.2, 0) is 6.54 Å². The molecule has 2 aromatic carbocycles. The van der Waals surface area contributed by atoms with E-state index in [2.05, 4.69) is 62.2 Å². The first-order chi connectivity index (χ1) is 16.1. The summed E-state index contributed by atoms with van der Waals surface area (Å²) in [5, 5.41) is 7.29. The monoisotopic (exact) mass is 507 g/mol. The minimum absolute atomic E-state index is 0.0842. The van der Waals surface area contributed by atoms with E-state index in [-0.39, 0.29) is 6.04 Å². The van der Waals surface area contributed by atoms with Crippen LogP contribution in [0.1, 0.15) is 42.2 Å². The third kappa shape index (κ3) is 3.63. The van der Waals surface area contributed by atoms with Crippen molar-refractivity contribution in [2.45, 2.75) is 37.6 Å². The smallest absolute Gasteiger partial charge is 0.200 e. The number of fused-ring (bicyclic) bond motifs is 4. The van der Waals surface area contributed by atoms with E-state index in [1.807, 2.05) is 18.2 Å². The molecule has 3 aromatic rings. The highest BCUT2D eigenvalue weighted by molar-refractivity contribution is 9.10. The maximum Gasteiger partial charge on any atom is 0.200 e. The van der Waals surface area contributed by atoms with Crippen molar-refractivity contribution in [1.82, 2.24) is 9.91 Å². The first kappa shape index (κ1) is 20.8. The summed E-state index contributed by atoms with van der Waals surface area (Å²) in [7, 11) is 1.70. The molecule has 0 saturated carbocycles. The fraction of sp³-hybridized carbons (Fsp3) is 0.346. The lowest BCUT2D eigenvalue weighted by atomic mass is 9.91. The van der Waals surface area contributed by atoms with Crippen LogP contribution in [0.4, 0.5) is 0 Å². The lowest BCUT2D eigenvalue weighted by Gasteiger charge is -2.51. The Balaban J connectivity index is 1.34. The zero-order chi connectivity index (χ0) is 22.4. The van der Waals surface area contributed by atoms with Gasteiger partial charge in [0.15, 0.2) is 11.5 Å². The van der Waals surface area contributed by atoms with Gasteiger partial charge < -0.3 is 13.9 Å². The third-order valence-corrected chi connectivity index (χ3v) is 7.40. The molecule has 170 valence electrons. The van der Waals surface area contributed by atoms with Gasteiger partial charge in [-0.15, -0.1) is 0 Å². The van der Waals surface area contributed by atoms with Gasteiger partial charge in [0.05, 0.1) is 19.4 Å². The van der Waals surface area contributed by atoms with Crippen molar-refractivity contribution in [1.29, 1.82) is 0 Å². The number of hydrogen-bond donors (Lipinski definition) is 0. The van der Waals surface area contributed by atoms with Crippen molar-refractivity contribution < 1.29 is 13.9 Å². The highest BCUT2D eigenvalue weighted by Gasteiger charge is 2.53. The Labute approximate surface area is 201 Å². The molecule has 6 rings (SSSR count). The van der Waals surface area contributed by atoms with Crippen molar-refractivity contribution in [3.05, 3.63) is 82.2 Å². The van der Waals surface area contributed by atoms with Crippen molar-refractivity contribution in [3.63, 3.8) is 0 Å². The van der Waals surface area contributed by atoms with Gasteiger partial charge in [-0.05, 0) is 29.8 Å². The Kier molecular flexibility index (Phi) is 5.18. The number of rotatable bonds is 4. The van der Waals surface area contributed by atoms with Crippen molar-refractivity contribution >= 4 is 21.6 Å². The minimum atomic E-state index is -0.500. The number of ether oxygens (including phenoxy) is 2. The molecule has 1 spiro atoms. The number of halogens is 1.